The Kier molecular flexibility index (Phi) is 7.00. The van der Waals surface area contributed by atoms with Crippen LogP contribution in [0, 0.1) is 5.82 Å². The Bertz CT molecular complexity index is 574. The number of carbonyl (C=O) groups is 1. The van der Waals surface area contributed by atoms with Crippen molar-refractivity contribution in [2.24, 2.45) is 4.99 Å². The Labute approximate surface area is 144 Å². The molecule has 0 saturated carbocycles. The average molecular weight is 388 g/mol. The van der Waals surface area contributed by atoms with Gasteiger partial charge in [-0.2, -0.15) is 0 Å². The molecular formula is C16H23BrFN3O2. The van der Waals surface area contributed by atoms with E-state index in [2.05, 4.69) is 26.2 Å². The van der Waals surface area contributed by atoms with Crippen LogP contribution in [0.15, 0.2) is 21.6 Å². The van der Waals surface area contributed by atoms with Crippen LogP contribution in [-0.2, 0) is 4.74 Å². The first-order valence-electron chi connectivity index (χ1n) is 7.31. The molecule has 7 heteroatoms. The molecule has 0 aliphatic rings. The molecule has 0 aliphatic heterocycles. The molecule has 0 aliphatic carbocycles. The van der Waals surface area contributed by atoms with Crippen molar-refractivity contribution in [3.8, 4) is 0 Å². The van der Waals surface area contributed by atoms with Gasteiger partial charge in [0.25, 0.3) is 0 Å². The summed E-state index contributed by atoms with van der Waals surface area (Å²) in [6, 6.07) is 2.63. The Morgan fingerprint density at radius 3 is 2.61 bits per heavy atom. The number of carbonyl (C=O) groups excluding carboxylic acids is 1. The fourth-order valence-electron chi connectivity index (χ4n) is 2.01. The maximum atomic E-state index is 13.3. The summed E-state index contributed by atoms with van der Waals surface area (Å²) in [7, 11) is 1.66. The maximum absolute atomic E-state index is 13.3. The molecule has 0 unspecified atom stereocenters. The third kappa shape index (κ3) is 6.56. The second-order valence-corrected chi connectivity index (χ2v) is 6.91. The van der Waals surface area contributed by atoms with Gasteiger partial charge in [0.15, 0.2) is 0 Å². The number of hydrogen-bond donors (Lipinski definition) is 2. The fourth-order valence-corrected chi connectivity index (χ4v) is 2.68. The van der Waals surface area contributed by atoms with Crippen molar-refractivity contribution in [2.75, 3.05) is 19.3 Å². The molecule has 3 N–H and O–H groups in total. The van der Waals surface area contributed by atoms with E-state index in [0.717, 1.165) is 5.71 Å². The van der Waals surface area contributed by atoms with Crippen molar-refractivity contribution in [1.29, 1.82) is 0 Å². The average Bonchev–Trinajstić information content (AvgIpc) is 2.38. The van der Waals surface area contributed by atoms with Gasteiger partial charge in [0, 0.05) is 35.0 Å². The highest BCUT2D eigenvalue weighted by Crippen LogP contribution is 2.26. The Balaban J connectivity index is 2.58. The minimum Gasteiger partial charge on any atom is -0.444 e. The number of ether oxygens (including phenoxy) is 1. The quantitative estimate of drug-likeness (QED) is 0.456. The summed E-state index contributed by atoms with van der Waals surface area (Å²) in [5, 5.41) is 2.69. The smallest absolute Gasteiger partial charge is 0.407 e. The molecule has 1 amide bonds. The lowest BCUT2D eigenvalue weighted by Gasteiger charge is -2.19. The number of rotatable bonds is 5. The Hall–Kier alpha value is -1.63. The third-order valence-corrected chi connectivity index (χ3v) is 3.53. The maximum Gasteiger partial charge on any atom is 0.407 e. The lowest BCUT2D eigenvalue weighted by Crippen LogP contribution is -2.33. The topological polar surface area (TPSA) is 76.7 Å². The molecule has 5 nitrogen and oxygen atoms in total. The van der Waals surface area contributed by atoms with Gasteiger partial charge in [0.05, 0.1) is 0 Å². The molecule has 0 aromatic heterocycles. The van der Waals surface area contributed by atoms with Crippen LogP contribution in [-0.4, -0.2) is 31.0 Å². The zero-order valence-corrected chi connectivity index (χ0v) is 15.5. The standard InChI is InChI=1S/C16H23BrFN3O2/c1-16(2,3)23-15(22)21-7-5-6-13(20-4)14-11(17)8-10(18)9-12(14)19/h8-9H,5-7,19H2,1-4H3,(H,21,22). The van der Waals surface area contributed by atoms with Crippen LogP contribution in [0.3, 0.4) is 0 Å². The van der Waals surface area contributed by atoms with Crippen molar-refractivity contribution in [1.82, 2.24) is 5.32 Å². The summed E-state index contributed by atoms with van der Waals surface area (Å²) >= 11 is 3.31. The van der Waals surface area contributed by atoms with Crippen LogP contribution in [0.5, 0.6) is 0 Å². The van der Waals surface area contributed by atoms with E-state index in [0.29, 0.717) is 35.1 Å². The normalized spacial score (nSPS) is 12.2. The molecule has 23 heavy (non-hydrogen) atoms. The predicted octanol–water partition coefficient (Wildman–Crippen LogP) is 3.89. The molecule has 1 rings (SSSR count). The molecule has 0 heterocycles. The van der Waals surface area contributed by atoms with E-state index in [-0.39, 0.29) is 0 Å². The minimum atomic E-state index is -0.520. The highest BCUT2D eigenvalue weighted by molar-refractivity contribution is 9.10. The third-order valence-electron chi connectivity index (χ3n) is 2.90. The number of halogens is 2. The van der Waals surface area contributed by atoms with E-state index in [1.807, 2.05) is 20.8 Å². The van der Waals surface area contributed by atoms with Crippen LogP contribution in [0.4, 0.5) is 14.9 Å². The Morgan fingerprint density at radius 2 is 2.09 bits per heavy atom. The highest BCUT2D eigenvalue weighted by Gasteiger charge is 2.16. The molecule has 1 aromatic carbocycles. The van der Waals surface area contributed by atoms with Crippen LogP contribution in [0.2, 0.25) is 0 Å². The zero-order valence-electron chi connectivity index (χ0n) is 13.9. The first-order valence-corrected chi connectivity index (χ1v) is 8.10. The largest absolute Gasteiger partial charge is 0.444 e. The number of anilines is 1. The number of nitrogens with two attached hydrogens (primary N) is 1. The summed E-state index contributed by atoms with van der Waals surface area (Å²) in [5.41, 5.74) is 7.13. The molecule has 0 fully saturated rings. The number of benzene rings is 1. The molecule has 0 radical (unpaired) electrons. The first kappa shape index (κ1) is 19.4. The SMILES string of the molecule is CN=C(CCCNC(=O)OC(C)(C)C)c1c(N)cc(F)cc1Br. The van der Waals surface area contributed by atoms with Crippen molar-refractivity contribution in [3.63, 3.8) is 0 Å². The number of nitrogens with zero attached hydrogens (tertiary/aromatic N) is 1. The van der Waals surface area contributed by atoms with E-state index >= 15 is 0 Å². The number of alkyl carbamates (subject to hydrolysis) is 1. The monoisotopic (exact) mass is 387 g/mol. The number of aliphatic imine (C=N–C) groups is 1. The fraction of sp³-hybridized carbons (Fsp3) is 0.500. The van der Waals surface area contributed by atoms with Crippen LogP contribution in [0.25, 0.3) is 0 Å². The zero-order chi connectivity index (χ0) is 17.6. The van der Waals surface area contributed by atoms with Gasteiger partial charge in [-0.1, -0.05) is 0 Å². The van der Waals surface area contributed by atoms with Gasteiger partial charge in [-0.05, 0) is 61.7 Å². The molecule has 0 atom stereocenters. The van der Waals surface area contributed by atoms with Gasteiger partial charge in [0.1, 0.15) is 11.4 Å². The molecule has 0 spiro atoms. The van der Waals surface area contributed by atoms with E-state index in [1.54, 1.807) is 7.05 Å². The number of nitrogens with one attached hydrogen (secondary N) is 1. The van der Waals surface area contributed by atoms with Gasteiger partial charge in [0.2, 0.25) is 0 Å². The number of amides is 1. The second-order valence-electron chi connectivity index (χ2n) is 6.05. The van der Waals surface area contributed by atoms with E-state index < -0.39 is 17.5 Å². The van der Waals surface area contributed by atoms with Gasteiger partial charge >= 0.3 is 6.09 Å². The summed E-state index contributed by atoms with van der Waals surface area (Å²) in [5.74, 6) is -0.403. The highest BCUT2D eigenvalue weighted by atomic mass is 79.9. The van der Waals surface area contributed by atoms with Crippen molar-refractivity contribution < 1.29 is 13.9 Å². The lowest BCUT2D eigenvalue weighted by atomic mass is 10.0. The summed E-state index contributed by atoms with van der Waals surface area (Å²) in [6.07, 6.45) is 0.811. The summed E-state index contributed by atoms with van der Waals surface area (Å²) < 4.78 is 19.0. The van der Waals surface area contributed by atoms with Gasteiger partial charge < -0.3 is 15.8 Å². The number of hydrogen-bond acceptors (Lipinski definition) is 4. The van der Waals surface area contributed by atoms with Crippen LogP contribution in [0.1, 0.15) is 39.2 Å². The van der Waals surface area contributed by atoms with Crippen molar-refractivity contribution in [3.05, 3.63) is 28.0 Å². The van der Waals surface area contributed by atoms with Crippen LogP contribution >= 0.6 is 15.9 Å². The van der Waals surface area contributed by atoms with Gasteiger partial charge in [-0.25, -0.2) is 9.18 Å². The van der Waals surface area contributed by atoms with Crippen molar-refractivity contribution >= 4 is 33.4 Å². The van der Waals surface area contributed by atoms with E-state index in [9.17, 15) is 9.18 Å². The van der Waals surface area contributed by atoms with E-state index in [4.69, 9.17) is 10.5 Å². The number of nitrogen functional groups attached to an aromatic ring is 1. The minimum absolute atomic E-state index is 0.331. The van der Waals surface area contributed by atoms with Gasteiger partial charge in [-0.3, -0.25) is 4.99 Å². The molecule has 1 aromatic rings. The first-order chi connectivity index (χ1) is 10.6. The van der Waals surface area contributed by atoms with Crippen molar-refractivity contribution in [2.45, 2.75) is 39.2 Å². The predicted molar refractivity (Wildman–Crippen MR) is 94.4 cm³/mol. The second kappa shape index (κ2) is 8.29. The van der Waals surface area contributed by atoms with Gasteiger partial charge in [-0.15, -0.1) is 0 Å². The van der Waals surface area contributed by atoms with Crippen LogP contribution < -0.4 is 11.1 Å². The molecule has 0 saturated heterocycles. The summed E-state index contributed by atoms with van der Waals surface area (Å²) in [4.78, 5) is 15.8. The lowest BCUT2D eigenvalue weighted by molar-refractivity contribution is 0.0527. The molecule has 128 valence electrons. The Morgan fingerprint density at radius 1 is 1.43 bits per heavy atom. The van der Waals surface area contributed by atoms with E-state index in [1.165, 1.54) is 12.1 Å². The molecular weight excluding hydrogens is 365 g/mol. The molecule has 0 bridgehead atoms. The summed E-state index contributed by atoms with van der Waals surface area (Å²) in [6.45, 7) is 5.88.